The van der Waals surface area contributed by atoms with Crippen LogP contribution in [0.15, 0.2) is 24.5 Å². The molecule has 8 heteroatoms. The van der Waals surface area contributed by atoms with E-state index >= 15 is 0 Å². The Morgan fingerprint density at radius 2 is 2.14 bits per heavy atom. The molecule has 0 unspecified atom stereocenters. The number of carbonyl (C=O) groups is 2. The Morgan fingerprint density at radius 1 is 1.32 bits per heavy atom. The van der Waals surface area contributed by atoms with E-state index in [-0.39, 0.29) is 43.4 Å². The lowest BCUT2D eigenvalue weighted by Gasteiger charge is -2.36. The Kier molecular flexibility index (Phi) is 9.33. The Labute approximate surface area is 166 Å². The van der Waals surface area contributed by atoms with Crippen LogP contribution in [0.4, 0.5) is 0 Å². The molecule has 2 rings (SSSR count). The number of pyridine rings is 1. The molecule has 2 amide bonds. The van der Waals surface area contributed by atoms with Crippen molar-refractivity contribution >= 4 is 11.8 Å². The van der Waals surface area contributed by atoms with Gasteiger partial charge in [0.25, 0.3) is 0 Å². The van der Waals surface area contributed by atoms with Gasteiger partial charge >= 0.3 is 0 Å². The second-order valence-corrected chi connectivity index (χ2v) is 7.48. The average molecular weight is 393 g/mol. The van der Waals surface area contributed by atoms with Gasteiger partial charge in [0, 0.05) is 18.9 Å². The van der Waals surface area contributed by atoms with Crippen molar-refractivity contribution in [2.24, 2.45) is 0 Å². The van der Waals surface area contributed by atoms with Crippen molar-refractivity contribution in [3.63, 3.8) is 0 Å². The quantitative estimate of drug-likeness (QED) is 0.488. The fourth-order valence-electron chi connectivity index (χ4n) is 3.29. The SMILES string of the molecule is CN(C)CCCNC(=O)C[C@H]1CC[C@H](NC(=O)Cc2cccnc2)[C@@H](CO)O1. The first-order valence-corrected chi connectivity index (χ1v) is 9.84. The van der Waals surface area contributed by atoms with E-state index in [0.29, 0.717) is 19.4 Å². The van der Waals surface area contributed by atoms with Gasteiger partial charge in [-0.25, -0.2) is 0 Å². The van der Waals surface area contributed by atoms with Crippen LogP contribution in [0.2, 0.25) is 0 Å². The molecule has 0 spiro atoms. The third-order valence-corrected chi connectivity index (χ3v) is 4.75. The Hall–Kier alpha value is -2.03. The van der Waals surface area contributed by atoms with Crippen molar-refractivity contribution in [3.8, 4) is 0 Å². The van der Waals surface area contributed by atoms with E-state index in [9.17, 15) is 14.7 Å². The zero-order chi connectivity index (χ0) is 20.4. The average Bonchev–Trinajstić information content (AvgIpc) is 2.67. The van der Waals surface area contributed by atoms with E-state index < -0.39 is 6.10 Å². The topological polar surface area (TPSA) is 104 Å². The van der Waals surface area contributed by atoms with Gasteiger partial charge in [0.15, 0.2) is 0 Å². The number of nitrogens with zero attached hydrogens (tertiary/aromatic N) is 2. The molecule has 1 saturated heterocycles. The first-order chi connectivity index (χ1) is 13.5. The third kappa shape index (κ3) is 7.92. The first-order valence-electron chi connectivity index (χ1n) is 9.84. The third-order valence-electron chi connectivity index (χ3n) is 4.75. The summed E-state index contributed by atoms with van der Waals surface area (Å²) in [6, 6.07) is 3.38. The molecule has 3 N–H and O–H groups in total. The van der Waals surface area contributed by atoms with Crippen molar-refractivity contribution in [1.29, 1.82) is 0 Å². The van der Waals surface area contributed by atoms with Crippen LogP contribution in [0.3, 0.4) is 0 Å². The predicted molar refractivity (Wildman–Crippen MR) is 106 cm³/mol. The number of hydrogen-bond donors (Lipinski definition) is 3. The molecule has 2 heterocycles. The van der Waals surface area contributed by atoms with Gasteiger partial charge in [-0.15, -0.1) is 0 Å². The molecule has 0 aliphatic carbocycles. The molecule has 0 radical (unpaired) electrons. The lowest BCUT2D eigenvalue weighted by Crippen LogP contribution is -2.51. The normalized spacial score (nSPS) is 22.1. The van der Waals surface area contributed by atoms with Gasteiger partial charge in [-0.1, -0.05) is 6.07 Å². The number of aromatic nitrogens is 1. The van der Waals surface area contributed by atoms with Crippen LogP contribution < -0.4 is 10.6 Å². The molecule has 1 aliphatic heterocycles. The smallest absolute Gasteiger partial charge is 0.224 e. The van der Waals surface area contributed by atoms with Gasteiger partial charge in [0.2, 0.25) is 11.8 Å². The number of aliphatic hydroxyl groups is 1. The molecule has 0 saturated carbocycles. The number of carbonyl (C=O) groups excluding carboxylic acids is 2. The highest BCUT2D eigenvalue weighted by molar-refractivity contribution is 5.79. The van der Waals surface area contributed by atoms with Crippen LogP contribution in [0.25, 0.3) is 0 Å². The van der Waals surface area contributed by atoms with Gasteiger partial charge in [-0.2, -0.15) is 0 Å². The lowest BCUT2D eigenvalue weighted by atomic mass is 9.96. The van der Waals surface area contributed by atoms with Crippen molar-refractivity contribution in [2.75, 3.05) is 33.8 Å². The zero-order valence-corrected chi connectivity index (χ0v) is 16.8. The van der Waals surface area contributed by atoms with Crippen LogP contribution in [0, 0.1) is 0 Å². The van der Waals surface area contributed by atoms with Crippen LogP contribution in [-0.2, 0) is 20.7 Å². The van der Waals surface area contributed by atoms with E-state index in [0.717, 1.165) is 18.5 Å². The largest absolute Gasteiger partial charge is 0.394 e. The van der Waals surface area contributed by atoms with Gasteiger partial charge in [-0.05, 0) is 51.5 Å². The van der Waals surface area contributed by atoms with E-state index in [4.69, 9.17) is 4.74 Å². The lowest BCUT2D eigenvalue weighted by molar-refractivity contribution is -0.135. The molecule has 3 atom stereocenters. The second kappa shape index (κ2) is 11.7. The fraction of sp³-hybridized carbons (Fsp3) is 0.650. The Bertz CT molecular complexity index is 611. The number of hydrogen-bond acceptors (Lipinski definition) is 6. The first kappa shape index (κ1) is 22.3. The minimum absolute atomic E-state index is 0.0421. The van der Waals surface area contributed by atoms with Crippen LogP contribution >= 0.6 is 0 Å². The maximum absolute atomic E-state index is 12.3. The molecule has 1 fully saturated rings. The van der Waals surface area contributed by atoms with Gasteiger partial charge in [0.05, 0.1) is 31.6 Å². The highest BCUT2D eigenvalue weighted by Gasteiger charge is 2.32. The Morgan fingerprint density at radius 3 is 2.82 bits per heavy atom. The molecule has 1 aliphatic rings. The summed E-state index contributed by atoms with van der Waals surface area (Å²) in [6.45, 7) is 1.37. The van der Waals surface area contributed by atoms with Crippen molar-refractivity contribution in [1.82, 2.24) is 20.5 Å². The monoisotopic (exact) mass is 392 g/mol. The molecule has 1 aromatic rings. The molecule has 8 nitrogen and oxygen atoms in total. The summed E-state index contributed by atoms with van der Waals surface area (Å²) in [5, 5.41) is 15.5. The fourth-order valence-corrected chi connectivity index (χ4v) is 3.29. The number of rotatable bonds is 10. The molecule has 0 bridgehead atoms. The number of nitrogens with one attached hydrogen (secondary N) is 2. The maximum Gasteiger partial charge on any atom is 0.224 e. The molecule has 156 valence electrons. The van der Waals surface area contributed by atoms with E-state index in [1.807, 2.05) is 20.2 Å². The summed E-state index contributed by atoms with van der Waals surface area (Å²) in [7, 11) is 4.00. The minimum Gasteiger partial charge on any atom is -0.394 e. The number of aliphatic hydroxyl groups excluding tert-OH is 1. The number of amides is 2. The summed E-state index contributed by atoms with van der Waals surface area (Å²) in [6.07, 6.45) is 5.33. The van der Waals surface area contributed by atoms with Gasteiger partial charge < -0.3 is 25.4 Å². The number of ether oxygens (including phenoxy) is 1. The van der Waals surface area contributed by atoms with Crippen LogP contribution in [0.5, 0.6) is 0 Å². The maximum atomic E-state index is 12.3. The second-order valence-electron chi connectivity index (χ2n) is 7.48. The van der Waals surface area contributed by atoms with Crippen molar-refractivity contribution in [2.45, 2.75) is 50.4 Å². The van der Waals surface area contributed by atoms with Crippen molar-refractivity contribution in [3.05, 3.63) is 30.1 Å². The summed E-state index contributed by atoms with van der Waals surface area (Å²) >= 11 is 0. The zero-order valence-electron chi connectivity index (χ0n) is 16.8. The predicted octanol–water partition coefficient (Wildman–Crippen LogP) is 0.107. The van der Waals surface area contributed by atoms with Crippen LogP contribution in [-0.4, -0.2) is 78.8 Å². The molecule has 0 aromatic carbocycles. The van der Waals surface area contributed by atoms with Gasteiger partial charge in [-0.3, -0.25) is 14.6 Å². The standard InChI is InChI=1S/C20H32N4O4/c1-24(2)10-4-9-22-19(26)12-16-6-7-17(18(14-25)28-16)23-20(27)11-15-5-3-8-21-13-15/h3,5,8,13,16-18,25H,4,6-7,9-12,14H2,1-2H3,(H,22,26)(H,23,27)/t16-,17+,18-/m1/s1. The van der Waals surface area contributed by atoms with E-state index in [1.54, 1.807) is 18.5 Å². The highest BCUT2D eigenvalue weighted by Crippen LogP contribution is 2.22. The molecule has 28 heavy (non-hydrogen) atoms. The minimum atomic E-state index is -0.502. The molecular weight excluding hydrogens is 360 g/mol. The van der Waals surface area contributed by atoms with E-state index in [1.165, 1.54) is 0 Å². The highest BCUT2D eigenvalue weighted by atomic mass is 16.5. The summed E-state index contributed by atoms with van der Waals surface area (Å²) in [5.41, 5.74) is 0.834. The van der Waals surface area contributed by atoms with Gasteiger partial charge in [0.1, 0.15) is 6.10 Å². The molecular formula is C20H32N4O4. The Balaban J connectivity index is 1.73. The van der Waals surface area contributed by atoms with Crippen molar-refractivity contribution < 1.29 is 19.4 Å². The van der Waals surface area contributed by atoms with Crippen LogP contribution in [0.1, 0.15) is 31.2 Å². The summed E-state index contributed by atoms with van der Waals surface area (Å²) in [5.74, 6) is -0.170. The summed E-state index contributed by atoms with van der Waals surface area (Å²) in [4.78, 5) is 30.4. The van der Waals surface area contributed by atoms with E-state index in [2.05, 4.69) is 20.5 Å². The molecule has 1 aromatic heterocycles. The summed E-state index contributed by atoms with van der Waals surface area (Å²) < 4.78 is 5.87.